The minimum absolute atomic E-state index is 0.108. The zero-order valence-electron chi connectivity index (χ0n) is 8.66. The number of hydrogen-bond donors (Lipinski definition) is 1. The molecule has 86 valence electrons. The van der Waals surface area contributed by atoms with Gasteiger partial charge in [0.15, 0.2) is 5.70 Å². The first-order chi connectivity index (χ1) is 8.27. The van der Waals surface area contributed by atoms with Crippen LogP contribution >= 0.6 is 0 Å². The van der Waals surface area contributed by atoms with Crippen molar-refractivity contribution in [2.75, 3.05) is 0 Å². The molecule has 0 fully saturated rings. The van der Waals surface area contributed by atoms with Gasteiger partial charge in [-0.2, -0.15) is 10.5 Å². The first kappa shape index (κ1) is 14.3. The fraction of sp³-hybridized carbons (Fsp3) is 0. The molecule has 0 radical (unpaired) electrons. The summed E-state index contributed by atoms with van der Waals surface area (Å²) in [5.41, 5.74) is 5.54. The second-order valence-corrected chi connectivity index (χ2v) is 2.50. The minimum atomic E-state index is -0.204. The van der Waals surface area contributed by atoms with Crippen LogP contribution in [0.1, 0.15) is 5.69 Å². The van der Waals surface area contributed by atoms with Crippen molar-refractivity contribution >= 4 is 6.21 Å². The lowest BCUT2D eigenvalue weighted by Gasteiger charge is -1.91. The summed E-state index contributed by atoms with van der Waals surface area (Å²) < 4.78 is 0. The van der Waals surface area contributed by atoms with Crippen LogP contribution in [0.2, 0.25) is 0 Å². The normalized spacial score (nSPS) is 10.6. The second-order valence-electron chi connectivity index (χ2n) is 2.50. The predicted octanol–water partition coefficient (Wildman–Crippen LogP) is -1.30. The van der Waals surface area contributed by atoms with E-state index in [0.29, 0.717) is 5.69 Å². The molecule has 1 aromatic rings. The number of pyridine rings is 1. The van der Waals surface area contributed by atoms with E-state index in [1.807, 2.05) is 0 Å². The van der Waals surface area contributed by atoms with Crippen molar-refractivity contribution in [3.05, 3.63) is 41.5 Å². The number of aliphatic imine (C=N–C) groups is 1. The van der Waals surface area contributed by atoms with Crippen LogP contribution in [-0.2, 0) is 0 Å². The molecule has 4 N–H and O–H groups in total. The summed E-state index contributed by atoms with van der Waals surface area (Å²) in [4.78, 5) is 7.73. The lowest BCUT2D eigenvalue weighted by molar-refractivity contribution is -0.670. The van der Waals surface area contributed by atoms with Gasteiger partial charge in [-0.15, -0.1) is 0 Å². The number of nitrogens with two attached hydrogens (primary N) is 1. The Labute approximate surface area is 97.3 Å². The molecule has 1 heterocycles. The number of aromatic nitrogens is 1. The van der Waals surface area contributed by atoms with Crippen molar-refractivity contribution < 1.29 is 10.5 Å². The van der Waals surface area contributed by atoms with Crippen molar-refractivity contribution in [2.45, 2.75) is 0 Å². The molecule has 0 bridgehead atoms. The van der Waals surface area contributed by atoms with Gasteiger partial charge in [-0.3, -0.25) is 4.98 Å². The van der Waals surface area contributed by atoms with Gasteiger partial charge in [-0.25, -0.2) is 4.99 Å². The average molecular weight is 231 g/mol. The van der Waals surface area contributed by atoms with Crippen LogP contribution in [0.5, 0.6) is 0 Å². The first-order valence-electron chi connectivity index (χ1n) is 4.23. The number of nitriles is 2. The smallest absolute Gasteiger partial charge is 0.174 e. The first-order valence-corrected chi connectivity index (χ1v) is 4.23. The lowest BCUT2D eigenvalue weighted by Crippen LogP contribution is -1.97. The summed E-state index contributed by atoms with van der Waals surface area (Å²) in [6, 6.07) is 8.66. The maximum Gasteiger partial charge on any atom is 0.174 e. The van der Waals surface area contributed by atoms with Crippen molar-refractivity contribution in [1.82, 2.24) is 4.98 Å². The molecule has 0 unspecified atom stereocenters. The SMILES string of the molecule is N#C/C(N)=C(\C#N)N=Cc1ccccn1.[O-][OH2+]. The highest BCUT2D eigenvalue weighted by Crippen LogP contribution is 1.99. The van der Waals surface area contributed by atoms with Gasteiger partial charge in [-0.1, -0.05) is 6.07 Å². The Bertz CT molecular complexity index is 482. The molecular formula is C10H9N5O2. The Morgan fingerprint density at radius 3 is 2.59 bits per heavy atom. The van der Waals surface area contributed by atoms with Gasteiger partial charge in [-0.05, 0) is 12.1 Å². The number of nitrogens with zero attached hydrogens (tertiary/aromatic N) is 4. The minimum Gasteiger partial charge on any atom is -0.536 e. The molecule has 7 nitrogen and oxygen atoms in total. The summed E-state index contributed by atoms with van der Waals surface area (Å²) in [6.45, 7) is 0. The van der Waals surface area contributed by atoms with Gasteiger partial charge in [0.1, 0.15) is 17.8 Å². The summed E-state index contributed by atoms with van der Waals surface area (Å²) in [5.74, 6) is 0. The largest absolute Gasteiger partial charge is 0.536 e. The molecular weight excluding hydrogens is 222 g/mol. The van der Waals surface area contributed by atoms with E-state index in [-0.39, 0.29) is 11.4 Å². The molecule has 0 spiro atoms. The van der Waals surface area contributed by atoms with Crippen LogP contribution in [0.3, 0.4) is 0 Å². The van der Waals surface area contributed by atoms with E-state index in [1.54, 1.807) is 36.5 Å². The van der Waals surface area contributed by atoms with Crippen LogP contribution in [0, 0.1) is 22.7 Å². The fourth-order valence-corrected chi connectivity index (χ4v) is 0.795. The van der Waals surface area contributed by atoms with Crippen molar-refractivity contribution in [3.63, 3.8) is 0 Å². The van der Waals surface area contributed by atoms with E-state index in [9.17, 15) is 0 Å². The Morgan fingerprint density at radius 1 is 1.41 bits per heavy atom. The van der Waals surface area contributed by atoms with Crippen LogP contribution in [0.15, 0.2) is 40.8 Å². The third kappa shape index (κ3) is 5.04. The van der Waals surface area contributed by atoms with Crippen molar-refractivity contribution in [2.24, 2.45) is 10.7 Å². The highest BCUT2D eigenvalue weighted by molar-refractivity contribution is 5.78. The third-order valence-corrected chi connectivity index (χ3v) is 1.50. The van der Waals surface area contributed by atoms with Gasteiger partial charge >= 0.3 is 0 Å². The maximum atomic E-state index is 8.63. The molecule has 0 saturated carbocycles. The van der Waals surface area contributed by atoms with Crippen LogP contribution in [-0.4, -0.2) is 16.5 Å². The second kappa shape index (κ2) is 8.56. The molecule has 0 aromatic carbocycles. The van der Waals surface area contributed by atoms with E-state index in [0.717, 1.165) is 0 Å². The predicted molar refractivity (Wildman–Crippen MR) is 57.9 cm³/mol. The highest BCUT2D eigenvalue weighted by Gasteiger charge is 1.98. The molecule has 1 aromatic heterocycles. The van der Waals surface area contributed by atoms with Crippen LogP contribution in [0.4, 0.5) is 0 Å². The van der Waals surface area contributed by atoms with Gasteiger partial charge in [0, 0.05) is 6.20 Å². The summed E-state index contributed by atoms with van der Waals surface area (Å²) in [6.07, 6.45) is 2.98. The molecule has 0 atom stereocenters. The van der Waals surface area contributed by atoms with E-state index in [4.69, 9.17) is 21.5 Å². The Kier molecular flexibility index (Phi) is 7.18. The van der Waals surface area contributed by atoms with Gasteiger partial charge in [0.05, 0.1) is 11.9 Å². The van der Waals surface area contributed by atoms with Crippen molar-refractivity contribution in [1.29, 1.82) is 10.5 Å². The average Bonchev–Trinajstić information content (AvgIpc) is 2.42. The van der Waals surface area contributed by atoms with E-state index >= 15 is 0 Å². The summed E-state index contributed by atoms with van der Waals surface area (Å²) >= 11 is 0. The van der Waals surface area contributed by atoms with Gasteiger partial charge in [0.25, 0.3) is 0 Å². The third-order valence-electron chi connectivity index (χ3n) is 1.50. The molecule has 7 heteroatoms. The Morgan fingerprint density at radius 2 is 2.12 bits per heavy atom. The topological polar surface area (TPSA) is 145 Å². The molecule has 17 heavy (non-hydrogen) atoms. The fourth-order valence-electron chi connectivity index (χ4n) is 0.795. The molecule has 0 amide bonds. The quantitative estimate of drug-likeness (QED) is 0.221. The van der Waals surface area contributed by atoms with Gasteiger partial charge < -0.3 is 16.2 Å². The zero-order valence-corrected chi connectivity index (χ0v) is 8.66. The van der Waals surface area contributed by atoms with Crippen molar-refractivity contribution in [3.8, 4) is 12.1 Å². The van der Waals surface area contributed by atoms with Gasteiger partial charge in [0.2, 0.25) is 0 Å². The molecule has 0 aliphatic heterocycles. The molecule has 0 aliphatic rings. The standard InChI is InChI=1S/C10H7N5.H2O2/c11-5-9(13)10(6-12)15-7-8-3-1-2-4-14-8;1-2/h1-4,7H,13H2;1H2/b10-9-,15-7?;. The Balaban J connectivity index is 0.00000121. The number of hydrogen-bond acceptors (Lipinski definition) is 6. The van der Waals surface area contributed by atoms with E-state index in [2.05, 4.69) is 15.2 Å². The number of rotatable bonds is 2. The molecule has 1 rings (SSSR count). The Hall–Kier alpha value is -2.74. The molecule has 0 aliphatic carbocycles. The van der Waals surface area contributed by atoms with Crippen LogP contribution < -0.4 is 11.0 Å². The number of allylic oxidation sites excluding steroid dienone is 2. The van der Waals surface area contributed by atoms with Crippen LogP contribution in [0.25, 0.3) is 0 Å². The molecule has 0 saturated heterocycles. The zero-order chi connectivity index (χ0) is 13.1. The monoisotopic (exact) mass is 231 g/mol. The maximum absolute atomic E-state index is 8.63. The summed E-state index contributed by atoms with van der Waals surface area (Å²) in [5, 5.41) is 29.1. The summed E-state index contributed by atoms with van der Waals surface area (Å²) in [7, 11) is 0. The lowest BCUT2D eigenvalue weighted by atomic mass is 10.3. The van der Waals surface area contributed by atoms with E-state index < -0.39 is 0 Å². The van der Waals surface area contributed by atoms with E-state index in [1.165, 1.54) is 6.21 Å². The highest BCUT2D eigenvalue weighted by atomic mass is 17.0.